The van der Waals surface area contributed by atoms with E-state index in [1.807, 2.05) is 6.20 Å². The standard InChI is InChI=1S/C22H24N4O3S/c1-13(2)12-26-16-5-7-19-20(15(16)11-23-26)24-22(30-19)25(3)21(27)14-4-6-17-18(10-14)29-9-8-28-17/h4,6,10-11,13H,5,7-9,12H2,1-3H3. The quantitative estimate of drug-likeness (QED) is 0.637. The zero-order valence-corrected chi connectivity index (χ0v) is 18.2. The van der Waals surface area contributed by atoms with Gasteiger partial charge in [-0.3, -0.25) is 14.4 Å². The lowest BCUT2D eigenvalue weighted by atomic mass is 10.0. The highest BCUT2D eigenvalue weighted by Gasteiger charge is 2.27. The molecule has 3 heterocycles. The van der Waals surface area contributed by atoms with E-state index < -0.39 is 0 Å². The van der Waals surface area contributed by atoms with Crippen molar-refractivity contribution >= 4 is 22.4 Å². The van der Waals surface area contributed by atoms with E-state index in [0.717, 1.165) is 30.6 Å². The number of aromatic nitrogens is 3. The number of hydrogen-bond donors (Lipinski definition) is 0. The van der Waals surface area contributed by atoms with Crippen molar-refractivity contribution in [3.63, 3.8) is 0 Å². The minimum Gasteiger partial charge on any atom is -0.486 e. The van der Waals surface area contributed by atoms with Crippen LogP contribution in [0.4, 0.5) is 5.13 Å². The van der Waals surface area contributed by atoms with Crippen LogP contribution < -0.4 is 14.4 Å². The van der Waals surface area contributed by atoms with E-state index in [0.29, 0.717) is 41.3 Å². The number of amides is 1. The lowest BCUT2D eigenvalue weighted by molar-refractivity contribution is 0.0991. The Labute approximate surface area is 179 Å². The maximum atomic E-state index is 13.1. The van der Waals surface area contributed by atoms with Gasteiger partial charge >= 0.3 is 0 Å². The van der Waals surface area contributed by atoms with Gasteiger partial charge in [-0.2, -0.15) is 5.10 Å². The van der Waals surface area contributed by atoms with E-state index in [-0.39, 0.29) is 5.91 Å². The highest BCUT2D eigenvalue weighted by molar-refractivity contribution is 7.16. The van der Waals surface area contributed by atoms with Crippen LogP contribution >= 0.6 is 11.3 Å². The molecule has 30 heavy (non-hydrogen) atoms. The summed E-state index contributed by atoms with van der Waals surface area (Å²) in [6.45, 7) is 6.32. The number of ether oxygens (including phenoxy) is 2. The molecule has 0 N–H and O–H groups in total. The Morgan fingerprint density at radius 2 is 2.03 bits per heavy atom. The van der Waals surface area contributed by atoms with Crippen molar-refractivity contribution in [3.8, 4) is 22.8 Å². The number of hydrogen-bond acceptors (Lipinski definition) is 6. The lowest BCUT2D eigenvalue weighted by Gasteiger charge is -2.20. The van der Waals surface area contributed by atoms with E-state index in [9.17, 15) is 4.79 Å². The van der Waals surface area contributed by atoms with Gasteiger partial charge < -0.3 is 9.47 Å². The Morgan fingerprint density at radius 3 is 2.83 bits per heavy atom. The molecule has 2 aliphatic rings. The van der Waals surface area contributed by atoms with Crippen molar-refractivity contribution < 1.29 is 14.3 Å². The number of benzene rings is 1. The number of carbonyl (C=O) groups is 1. The largest absolute Gasteiger partial charge is 0.486 e. The minimum atomic E-state index is -0.117. The minimum absolute atomic E-state index is 0.117. The molecule has 156 valence electrons. The van der Waals surface area contributed by atoms with E-state index >= 15 is 0 Å². The maximum Gasteiger partial charge on any atom is 0.259 e. The summed E-state index contributed by atoms with van der Waals surface area (Å²) in [6, 6.07) is 5.31. The number of carbonyl (C=O) groups excluding carboxylic acids is 1. The SMILES string of the molecule is CC(C)Cn1ncc2c1CCc1sc(N(C)C(=O)c3ccc4c(c3)OCCO4)nc1-2. The van der Waals surface area contributed by atoms with E-state index in [1.165, 1.54) is 10.6 Å². The second-order valence-corrected chi connectivity index (χ2v) is 9.13. The molecule has 1 aromatic carbocycles. The summed E-state index contributed by atoms with van der Waals surface area (Å²) < 4.78 is 13.3. The molecule has 1 aliphatic carbocycles. The third-order valence-electron chi connectivity index (χ3n) is 5.40. The molecule has 8 heteroatoms. The number of rotatable bonds is 4. The molecule has 2 aromatic heterocycles. The van der Waals surface area contributed by atoms with Gasteiger partial charge in [0, 0.05) is 35.3 Å². The van der Waals surface area contributed by atoms with Gasteiger partial charge in [0.15, 0.2) is 16.6 Å². The monoisotopic (exact) mass is 424 g/mol. The fraction of sp³-hybridized carbons (Fsp3) is 0.409. The molecule has 0 saturated carbocycles. The molecule has 7 nitrogen and oxygen atoms in total. The molecule has 0 saturated heterocycles. The van der Waals surface area contributed by atoms with Gasteiger partial charge in [-0.15, -0.1) is 11.3 Å². The number of nitrogens with zero attached hydrogens (tertiary/aromatic N) is 4. The number of anilines is 1. The van der Waals surface area contributed by atoms with Gasteiger partial charge in [0.2, 0.25) is 0 Å². The molecule has 0 radical (unpaired) electrons. The number of aryl methyl sites for hydroxylation is 1. The van der Waals surface area contributed by atoms with Crippen LogP contribution in [0.15, 0.2) is 24.4 Å². The molecule has 0 spiro atoms. The lowest BCUT2D eigenvalue weighted by Crippen LogP contribution is -2.26. The molecule has 1 amide bonds. The summed E-state index contributed by atoms with van der Waals surface area (Å²) in [7, 11) is 1.77. The highest BCUT2D eigenvalue weighted by Crippen LogP contribution is 2.39. The smallest absolute Gasteiger partial charge is 0.259 e. The van der Waals surface area contributed by atoms with Crippen molar-refractivity contribution in [2.24, 2.45) is 5.92 Å². The Bertz CT molecular complexity index is 1120. The van der Waals surface area contributed by atoms with Gasteiger partial charge in [0.05, 0.1) is 11.9 Å². The first-order chi connectivity index (χ1) is 14.5. The molecule has 3 aromatic rings. The van der Waals surface area contributed by atoms with Gasteiger partial charge in [-0.05, 0) is 37.0 Å². The van der Waals surface area contributed by atoms with Gasteiger partial charge in [-0.25, -0.2) is 4.98 Å². The van der Waals surface area contributed by atoms with E-state index in [2.05, 4.69) is 23.6 Å². The topological polar surface area (TPSA) is 69.5 Å². The van der Waals surface area contributed by atoms with Crippen LogP contribution in [0.5, 0.6) is 11.5 Å². The zero-order valence-electron chi connectivity index (χ0n) is 17.3. The summed E-state index contributed by atoms with van der Waals surface area (Å²) in [5.74, 6) is 1.71. The van der Waals surface area contributed by atoms with Crippen LogP contribution in [0.3, 0.4) is 0 Å². The Balaban J connectivity index is 1.42. The molecular weight excluding hydrogens is 400 g/mol. The second kappa shape index (κ2) is 7.43. The average Bonchev–Trinajstić information content (AvgIpc) is 3.36. The Kier molecular flexibility index (Phi) is 4.73. The molecule has 5 rings (SSSR count). The molecular formula is C22H24N4O3S. The number of thiazole rings is 1. The molecule has 0 bridgehead atoms. The second-order valence-electron chi connectivity index (χ2n) is 8.07. The summed E-state index contributed by atoms with van der Waals surface area (Å²) in [6.07, 6.45) is 3.80. The molecule has 1 aliphatic heterocycles. The van der Waals surface area contributed by atoms with Gasteiger partial charge in [0.25, 0.3) is 5.91 Å². The summed E-state index contributed by atoms with van der Waals surface area (Å²) in [5.41, 5.74) is 3.86. The van der Waals surface area contributed by atoms with E-state index in [4.69, 9.17) is 14.5 Å². The first-order valence-electron chi connectivity index (χ1n) is 10.2. The number of fused-ring (bicyclic) bond motifs is 4. The zero-order chi connectivity index (χ0) is 20.8. The summed E-state index contributed by atoms with van der Waals surface area (Å²) >= 11 is 1.58. The molecule has 0 unspecified atom stereocenters. The normalized spacial score (nSPS) is 14.4. The Hall–Kier alpha value is -2.87. The van der Waals surface area contributed by atoms with Gasteiger partial charge in [0.1, 0.15) is 13.2 Å². The first-order valence-corrected chi connectivity index (χ1v) is 11.1. The van der Waals surface area contributed by atoms with Crippen LogP contribution in [0, 0.1) is 5.92 Å². The molecule has 0 fully saturated rings. The van der Waals surface area contributed by atoms with Gasteiger partial charge in [-0.1, -0.05) is 13.8 Å². The highest BCUT2D eigenvalue weighted by atomic mass is 32.1. The first kappa shape index (κ1) is 19.1. The van der Waals surface area contributed by atoms with Crippen molar-refractivity contribution in [3.05, 3.63) is 40.5 Å². The van der Waals surface area contributed by atoms with Crippen LogP contribution in [0.1, 0.15) is 34.8 Å². The predicted octanol–water partition coefficient (Wildman–Crippen LogP) is 3.81. The van der Waals surface area contributed by atoms with E-state index in [1.54, 1.807) is 41.5 Å². The average molecular weight is 425 g/mol. The maximum absolute atomic E-state index is 13.1. The fourth-order valence-corrected chi connectivity index (χ4v) is 4.96. The van der Waals surface area contributed by atoms with Crippen LogP contribution in [0.2, 0.25) is 0 Å². The van der Waals surface area contributed by atoms with Crippen molar-refractivity contribution in [1.82, 2.24) is 14.8 Å². The third-order valence-corrected chi connectivity index (χ3v) is 6.59. The van der Waals surface area contributed by atoms with Crippen LogP contribution in [-0.2, 0) is 19.4 Å². The summed E-state index contributed by atoms with van der Waals surface area (Å²) in [4.78, 5) is 20.8. The van der Waals surface area contributed by atoms with Crippen LogP contribution in [-0.4, -0.2) is 40.9 Å². The Morgan fingerprint density at radius 1 is 1.23 bits per heavy atom. The third kappa shape index (κ3) is 3.25. The van der Waals surface area contributed by atoms with Crippen molar-refractivity contribution in [2.45, 2.75) is 33.2 Å². The molecule has 0 atom stereocenters. The van der Waals surface area contributed by atoms with Crippen molar-refractivity contribution in [2.75, 3.05) is 25.2 Å². The van der Waals surface area contributed by atoms with Crippen molar-refractivity contribution in [1.29, 1.82) is 0 Å². The van der Waals surface area contributed by atoms with Crippen LogP contribution in [0.25, 0.3) is 11.3 Å². The predicted molar refractivity (Wildman–Crippen MR) is 116 cm³/mol. The summed E-state index contributed by atoms with van der Waals surface area (Å²) in [5, 5.41) is 5.29. The fourth-order valence-electron chi connectivity index (χ4n) is 3.93.